The Labute approximate surface area is 156 Å². The molecule has 0 bridgehead atoms. The Morgan fingerprint density at radius 2 is 1.88 bits per heavy atom. The van der Waals surface area contributed by atoms with Crippen LogP contribution in [0.15, 0.2) is 41.8 Å². The second-order valence-electron chi connectivity index (χ2n) is 6.39. The van der Waals surface area contributed by atoms with Crippen molar-refractivity contribution in [2.24, 2.45) is 5.92 Å². The van der Waals surface area contributed by atoms with Gasteiger partial charge < -0.3 is 20.5 Å². The van der Waals surface area contributed by atoms with Crippen molar-refractivity contribution in [3.63, 3.8) is 0 Å². The van der Waals surface area contributed by atoms with E-state index < -0.39 is 17.4 Å². The van der Waals surface area contributed by atoms with Crippen LogP contribution in [0.5, 0.6) is 5.75 Å². The van der Waals surface area contributed by atoms with E-state index in [0.717, 1.165) is 29.0 Å². The van der Waals surface area contributed by atoms with Crippen LogP contribution in [0, 0.1) is 5.92 Å². The second-order valence-corrected chi connectivity index (χ2v) is 7.34. The number of aliphatic hydroxyl groups is 1. The molecule has 3 N–H and O–H groups in total. The standard InChI is InChI=1S/C19H22N2O4S/c1-25-15-8-4-13(5-9-15)11-20-17(22)18(23)21-12-19(24,14-6-7-14)16-3-2-10-26-16/h2-5,8-10,14,24H,6-7,11-12H2,1H3,(H,20,22)(H,21,23). The fraction of sp³-hybridized carbons (Fsp3) is 0.368. The summed E-state index contributed by atoms with van der Waals surface area (Å²) in [6.45, 7) is 0.279. The predicted octanol–water partition coefficient (Wildman–Crippen LogP) is 1.79. The lowest BCUT2D eigenvalue weighted by atomic mass is 9.95. The number of benzene rings is 1. The summed E-state index contributed by atoms with van der Waals surface area (Å²) in [7, 11) is 1.58. The smallest absolute Gasteiger partial charge is 0.309 e. The third kappa shape index (κ3) is 4.23. The number of methoxy groups -OCH3 is 1. The molecule has 1 atom stereocenters. The Morgan fingerprint density at radius 3 is 2.46 bits per heavy atom. The number of rotatable bonds is 7. The van der Waals surface area contributed by atoms with Crippen molar-refractivity contribution in [3.05, 3.63) is 52.2 Å². The van der Waals surface area contributed by atoms with Gasteiger partial charge in [-0.1, -0.05) is 18.2 Å². The zero-order valence-electron chi connectivity index (χ0n) is 14.5. The molecule has 1 aliphatic carbocycles. The molecular formula is C19H22N2O4S. The lowest BCUT2D eigenvalue weighted by molar-refractivity contribution is -0.140. The minimum atomic E-state index is -1.10. The van der Waals surface area contributed by atoms with Crippen molar-refractivity contribution in [2.45, 2.75) is 25.0 Å². The number of carbonyl (C=O) groups is 2. The van der Waals surface area contributed by atoms with E-state index in [1.807, 2.05) is 29.6 Å². The molecule has 2 amide bonds. The Hall–Kier alpha value is -2.38. The fourth-order valence-electron chi connectivity index (χ4n) is 2.82. The van der Waals surface area contributed by atoms with E-state index in [4.69, 9.17) is 4.74 Å². The Morgan fingerprint density at radius 1 is 1.19 bits per heavy atom. The lowest BCUT2D eigenvalue weighted by Crippen LogP contribution is -2.47. The second kappa shape index (κ2) is 7.88. The molecule has 26 heavy (non-hydrogen) atoms. The summed E-state index contributed by atoms with van der Waals surface area (Å²) >= 11 is 1.46. The fourth-order valence-corrected chi connectivity index (χ4v) is 3.72. The van der Waals surface area contributed by atoms with Crippen LogP contribution < -0.4 is 15.4 Å². The first-order valence-corrected chi connectivity index (χ1v) is 9.36. The molecule has 1 fully saturated rings. The highest BCUT2D eigenvalue weighted by Gasteiger charge is 2.46. The van der Waals surface area contributed by atoms with Crippen molar-refractivity contribution < 1.29 is 19.4 Å². The normalized spacial score (nSPS) is 15.8. The number of thiophene rings is 1. The molecule has 0 radical (unpaired) electrons. The molecule has 2 aromatic rings. The Balaban J connectivity index is 1.51. The first-order chi connectivity index (χ1) is 12.5. The van der Waals surface area contributed by atoms with Crippen LogP contribution in [0.2, 0.25) is 0 Å². The van der Waals surface area contributed by atoms with Crippen molar-refractivity contribution in [2.75, 3.05) is 13.7 Å². The van der Waals surface area contributed by atoms with Gasteiger partial charge in [0.2, 0.25) is 0 Å². The molecule has 1 aliphatic rings. The molecule has 1 saturated carbocycles. The maximum Gasteiger partial charge on any atom is 0.309 e. The Kier molecular flexibility index (Phi) is 5.58. The van der Waals surface area contributed by atoms with Crippen molar-refractivity contribution in [1.82, 2.24) is 10.6 Å². The molecule has 7 heteroatoms. The van der Waals surface area contributed by atoms with Crippen LogP contribution in [0.1, 0.15) is 23.3 Å². The number of amides is 2. The molecule has 1 aromatic carbocycles. The van der Waals surface area contributed by atoms with Crippen LogP contribution in [0.25, 0.3) is 0 Å². The molecule has 6 nitrogen and oxygen atoms in total. The van der Waals surface area contributed by atoms with Crippen molar-refractivity contribution in [3.8, 4) is 5.75 Å². The number of nitrogens with one attached hydrogen (secondary N) is 2. The highest BCUT2D eigenvalue weighted by Crippen LogP contribution is 2.46. The molecule has 0 aliphatic heterocycles. The van der Waals surface area contributed by atoms with E-state index in [1.165, 1.54) is 11.3 Å². The van der Waals surface area contributed by atoms with Gasteiger partial charge >= 0.3 is 11.8 Å². The topological polar surface area (TPSA) is 87.7 Å². The molecule has 1 aromatic heterocycles. The molecule has 0 saturated heterocycles. The SMILES string of the molecule is COc1ccc(CNC(=O)C(=O)NCC(O)(c2cccs2)C2CC2)cc1. The molecule has 1 heterocycles. The van der Waals surface area contributed by atoms with Crippen LogP contribution in [0.3, 0.4) is 0 Å². The highest BCUT2D eigenvalue weighted by atomic mass is 32.1. The predicted molar refractivity (Wildman–Crippen MR) is 98.8 cm³/mol. The third-order valence-electron chi connectivity index (χ3n) is 4.54. The first kappa shape index (κ1) is 18.4. The minimum Gasteiger partial charge on any atom is -0.497 e. The summed E-state index contributed by atoms with van der Waals surface area (Å²) in [6, 6.07) is 11.0. The number of ether oxygens (including phenoxy) is 1. The number of carbonyl (C=O) groups excluding carboxylic acids is 2. The average Bonchev–Trinajstić information content (AvgIpc) is 3.39. The quantitative estimate of drug-likeness (QED) is 0.645. The van der Waals surface area contributed by atoms with Gasteiger partial charge in [-0.3, -0.25) is 9.59 Å². The largest absolute Gasteiger partial charge is 0.497 e. The van der Waals surface area contributed by atoms with Crippen LogP contribution in [-0.2, 0) is 21.7 Å². The number of hydrogen-bond donors (Lipinski definition) is 3. The summed E-state index contributed by atoms with van der Waals surface area (Å²) in [6.07, 6.45) is 1.85. The van der Waals surface area contributed by atoms with E-state index in [2.05, 4.69) is 10.6 Å². The highest BCUT2D eigenvalue weighted by molar-refractivity contribution is 7.10. The van der Waals surface area contributed by atoms with Gasteiger partial charge in [0.15, 0.2) is 0 Å². The van der Waals surface area contributed by atoms with Crippen LogP contribution in [-0.4, -0.2) is 30.6 Å². The molecule has 1 unspecified atom stereocenters. The molecular weight excluding hydrogens is 352 g/mol. The van der Waals surface area contributed by atoms with Crippen LogP contribution in [0.4, 0.5) is 0 Å². The van der Waals surface area contributed by atoms with E-state index in [9.17, 15) is 14.7 Å². The Bertz CT molecular complexity index is 756. The number of hydrogen-bond acceptors (Lipinski definition) is 5. The maximum atomic E-state index is 12.1. The summed E-state index contributed by atoms with van der Waals surface area (Å²) in [5, 5.41) is 18.0. The minimum absolute atomic E-state index is 0.0347. The van der Waals surface area contributed by atoms with Crippen molar-refractivity contribution >= 4 is 23.2 Å². The van der Waals surface area contributed by atoms with Crippen molar-refractivity contribution in [1.29, 1.82) is 0 Å². The average molecular weight is 374 g/mol. The zero-order chi connectivity index (χ0) is 18.6. The van der Waals surface area contributed by atoms with Gasteiger partial charge in [0.1, 0.15) is 11.4 Å². The van der Waals surface area contributed by atoms with Gasteiger partial charge in [-0.05, 0) is 47.9 Å². The van der Waals surface area contributed by atoms with Gasteiger partial charge in [0.05, 0.1) is 13.7 Å². The van der Waals surface area contributed by atoms with E-state index >= 15 is 0 Å². The van der Waals surface area contributed by atoms with Gasteiger partial charge in [-0.15, -0.1) is 11.3 Å². The molecule has 138 valence electrons. The van der Waals surface area contributed by atoms with Gasteiger partial charge in [-0.2, -0.15) is 0 Å². The van der Waals surface area contributed by atoms with E-state index in [0.29, 0.717) is 0 Å². The molecule has 0 spiro atoms. The van der Waals surface area contributed by atoms with Crippen LogP contribution >= 0.6 is 11.3 Å². The lowest BCUT2D eigenvalue weighted by Gasteiger charge is -2.27. The summed E-state index contributed by atoms with van der Waals surface area (Å²) < 4.78 is 5.08. The maximum absolute atomic E-state index is 12.1. The van der Waals surface area contributed by atoms with Gasteiger partial charge in [-0.25, -0.2) is 0 Å². The summed E-state index contributed by atoms with van der Waals surface area (Å²) in [5.74, 6) is -0.603. The third-order valence-corrected chi connectivity index (χ3v) is 5.57. The van der Waals surface area contributed by atoms with E-state index in [1.54, 1.807) is 19.2 Å². The van der Waals surface area contributed by atoms with E-state index in [-0.39, 0.29) is 19.0 Å². The molecule has 3 rings (SSSR count). The zero-order valence-corrected chi connectivity index (χ0v) is 15.3. The monoisotopic (exact) mass is 374 g/mol. The summed E-state index contributed by atoms with van der Waals surface area (Å²) in [5.41, 5.74) is -0.236. The first-order valence-electron chi connectivity index (χ1n) is 8.48. The van der Waals surface area contributed by atoms with Gasteiger partial charge in [0.25, 0.3) is 0 Å². The summed E-state index contributed by atoms with van der Waals surface area (Å²) in [4.78, 5) is 24.9. The van der Waals surface area contributed by atoms with Gasteiger partial charge in [0, 0.05) is 11.4 Å².